The van der Waals surface area contributed by atoms with Gasteiger partial charge in [0.15, 0.2) is 0 Å². The molecule has 0 aliphatic heterocycles. The van der Waals surface area contributed by atoms with Gasteiger partial charge < -0.3 is 15.8 Å². The highest BCUT2D eigenvalue weighted by molar-refractivity contribution is 7.99. The van der Waals surface area contributed by atoms with Crippen molar-refractivity contribution in [1.82, 2.24) is 0 Å². The highest BCUT2D eigenvalue weighted by Crippen LogP contribution is 2.18. The highest BCUT2D eigenvalue weighted by Gasteiger charge is 2.14. The summed E-state index contributed by atoms with van der Waals surface area (Å²) in [5.41, 5.74) is 6.14. The van der Waals surface area contributed by atoms with Crippen molar-refractivity contribution in [3.05, 3.63) is 24.3 Å². The van der Waals surface area contributed by atoms with Gasteiger partial charge >= 0.3 is 0 Å². The predicted octanol–water partition coefficient (Wildman–Crippen LogP) is 2.10. The second-order valence-corrected chi connectivity index (χ2v) is 4.82. The lowest BCUT2D eigenvalue weighted by Crippen LogP contribution is -2.24. The van der Waals surface area contributed by atoms with E-state index in [1.54, 1.807) is 11.8 Å². The van der Waals surface area contributed by atoms with Gasteiger partial charge in [-0.15, -0.1) is 0 Å². The molecule has 0 saturated heterocycles. The number of nitrogens with two attached hydrogens (primary N) is 1. The van der Waals surface area contributed by atoms with Crippen LogP contribution in [0.5, 0.6) is 5.75 Å². The first-order valence-corrected chi connectivity index (χ1v) is 7.26. The fraction of sp³-hybridized carbons (Fsp3) is 0.462. The normalized spacial score (nSPS) is 11.9. The third-order valence-corrected chi connectivity index (χ3v) is 3.57. The van der Waals surface area contributed by atoms with Gasteiger partial charge in [0.25, 0.3) is 0 Å². The van der Waals surface area contributed by atoms with Crippen LogP contribution in [0.2, 0.25) is 0 Å². The zero-order valence-corrected chi connectivity index (χ0v) is 11.6. The lowest BCUT2D eigenvalue weighted by Gasteiger charge is -2.12. The van der Waals surface area contributed by atoms with Crippen LogP contribution in [-0.2, 0) is 4.79 Å². The minimum absolute atomic E-state index is 0.00170. The Kier molecular flexibility index (Phi) is 6.60. The third-order valence-electron chi connectivity index (χ3n) is 2.46. The molecule has 0 aliphatic carbocycles. The van der Waals surface area contributed by atoms with Crippen LogP contribution in [0.1, 0.15) is 13.3 Å². The molecule has 0 aliphatic rings. The molecular weight excluding hydrogens is 248 g/mol. The number of hydrogen-bond acceptors (Lipinski definition) is 4. The van der Waals surface area contributed by atoms with Crippen LogP contribution in [0.3, 0.4) is 0 Å². The molecule has 100 valence electrons. The topological polar surface area (TPSA) is 64.3 Å². The Balaban J connectivity index is 2.55. The van der Waals surface area contributed by atoms with Crippen LogP contribution in [0.4, 0.5) is 5.69 Å². The fourth-order valence-electron chi connectivity index (χ4n) is 1.49. The average Bonchev–Trinajstić information content (AvgIpc) is 2.39. The van der Waals surface area contributed by atoms with E-state index < -0.39 is 0 Å². The Labute approximate surface area is 112 Å². The molecule has 3 N–H and O–H groups in total. The van der Waals surface area contributed by atoms with Crippen LogP contribution in [-0.4, -0.2) is 30.6 Å². The number of amides is 1. The van der Waals surface area contributed by atoms with Gasteiger partial charge in [-0.3, -0.25) is 4.79 Å². The van der Waals surface area contributed by atoms with Crippen LogP contribution in [0.25, 0.3) is 0 Å². The quantitative estimate of drug-likeness (QED) is 0.795. The van der Waals surface area contributed by atoms with E-state index in [9.17, 15) is 4.79 Å². The van der Waals surface area contributed by atoms with E-state index in [1.807, 2.05) is 37.4 Å². The van der Waals surface area contributed by atoms with Crippen molar-refractivity contribution in [2.45, 2.75) is 18.6 Å². The SMILES string of the molecule is CCC(SC)C(=O)Nc1ccc(OCCN)cc1. The minimum atomic E-state index is -0.00170. The predicted molar refractivity (Wildman–Crippen MR) is 77.2 cm³/mol. The van der Waals surface area contributed by atoms with Crippen molar-refractivity contribution in [2.75, 3.05) is 24.7 Å². The summed E-state index contributed by atoms with van der Waals surface area (Å²) in [6, 6.07) is 7.31. The summed E-state index contributed by atoms with van der Waals surface area (Å²) in [4.78, 5) is 11.9. The van der Waals surface area contributed by atoms with Crippen molar-refractivity contribution >= 4 is 23.4 Å². The molecule has 0 saturated carbocycles. The number of thioether (sulfide) groups is 1. The minimum Gasteiger partial charge on any atom is -0.492 e. The number of rotatable bonds is 7. The maximum absolute atomic E-state index is 11.9. The van der Waals surface area contributed by atoms with E-state index in [-0.39, 0.29) is 11.2 Å². The van der Waals surface area contributed by atoms with Gasteiger partial charge in [0, 0.05) is 12.2 Å². The van der Waals surface area contributed by atoms with Gasteiger partial charge in [0.05, 0.1) is 5.25 Å². The number of carbonyl (C=O) groups is 1. The molecule has 1 unspecified atom stereocenters. The van der Waals surface area contributed by atoms with Crippen LogP contribution >= 0.6 is 11.8 Å². The van der Waals surface area contributed by atoms with Gasteiger partial charge in [0.2, 0.25) is 5.91 Å². The summed E-state index contributed by atoms with van der Waals surface area (Å²) in [5.74, 6) is 0.802. The largest absolute Gasteiger partial charge is 0.492 e. The second kappa shape index (κ2) is 8.00. The molecule has 1 amide bonds. The highest BCUT2D eigenvalue weighted by atomic mass is 32.2. The Bertz CT molecular complexity index is 364. The molecule has 0 aromatic heterocycles. The van der Waals surface area contributed by atoms with Crippen LogP contribution in [0, 0.1) is 0 Å². The summed E-state index contributed by atoms with van der Waals surface area (Å²) in [7, 11) is 0. The van der Waals surface area contributed by atoms with Gasteiger partial charge in [-0.25, -0.2) is 0 Å². The standard InChI is InChI=1S/C13H20N2O2S/c1-3-12(18-2)13(16)15-10-4-6-11(7-5-10)17-9-8-14/h4-7,12H,3,8-9,14H2,1-2H3,(H,15,16). The summed E-state index contributed by atoms with van der Waals surface area (Å²) in [5, 5.41) is 2.89. The molecule has 1 rings (SSSR count). The average molecular weight is 268 g/mol. The van der Waals surface area contributed by atoms with E-state index in [0.29, 0.717) is 13.2 Å². The van der Waals surface area contributed by atoms with Crippen molar-refractivity contribution in [1.29, 1.82) is 0 Å². The summed E-state index contributed by atoms with van der Waals surface area (Å²) in [6.07, 6.45) is 2.77. The van der Waals surface area contributed by atoms with Gasteiger partial charge in [-0.05, 0) is 36.9 Å². The molecule has 0 fully saturated rings. The van der Waals surface area contributed by atoms with E-state index in [2.05, 4.69) is 5.32 Å². The number of hydrogen-bond donors (Lipinski definition) is 2. The summed E-state index contributed by atoms with van der Waals surface area (Å²) < 4.78 is 5.36. The van der Waals surface area contributed by atoms with Crippen molar-refractivity contribution in [3.63, 3.8) is 0 Å². The van der Waals surface area contributed by atoms with Gasteiger partial charge in [-0.2, -0.15) is 11.8 Å². The first kappa shape index (κ1) is 14.9. The molecule has 1 aromatic carbocycles. The molecule has 0 radical (unpaired) electrons. The maximum Gasteiger partial charge on any atom is 0.237 e. The van der Waals surface area contributed by atoms with E-state index in [0.717, 1.165) is 17.9 Å². The number of benzene rings is 1. The van der Waals surface area contributed by atoms with Gasteiger partial charge in [0.1, 0.15) is 12.4 Å². The molecule has 4 nitrogen and oxygen atoms in total. The monoisotopic (exact) mass is 268 g/mol. The Morgan fingerprint density at radius 2 is 2.11 bits per heavy atom. The van der Waals surface area contributed by atoms with Crippen LogP contribution in [0.15, 0.2) is 24.3 Å². The Hall–Kier alpha value is -1.20. The lowest BCUT2D eigenvalue weighted by molar-refractivity contribution is -0.115. The zero-order valence-electron chi connectivity index (χ0n) is 10.8. The Morgan fingerprint density at radius 3 is 2.61 bits per heavy atom. The maximum atomic E-state index is 11.9. The molecule has 18 heavy (non-hydrogen) atoms. The lowest BCUT2D eigenvalue weighted by atomic mass is 10.2. The second-order valence-electron chi connectivity index (χ2n) is 3.78. The molecule has 1 atom stereocenters. The number of ether oxygens (including phenoxy) is 1. The Morgan fingerprint density at radius 1 is 1.44 bits per heavy atom. The molecule has 0 bridgehead atoms. The first-order chi connectivity index (χ1) is 8.71. The van der Waals surface area contributed by atoms with Crippen molar-refractivity contribution < 1.29 is 9.53 Å². The number of nitrogens with one attached hydrogen (secondary N) is 1. The molecule has 5 heteroatoms. The summed E-state index contributed by atoms with van der Waals surface area (Å²) in [6.45, 7) is 2.99. The zero-order chi connectivity index (χ0) is 13.4. The van der Waals surface area contributed by atoms with E-state index in [4.69, 9.17) is 10.5 Å². The van der Waals surface area contributed by atoms with Crippen molar-refractivity contribution in [2.24, 2.45) is 5.73 Å². The number of anilines is 1. The van der Waals surface area contributed by atoms with E-state index >= 15 is 0 Å². The number of carbonyl (C=O) groups excluding carboxylic acids is 1. The fourth-order valence-corrected chi connectivity index (χ4v) is 2.10. The molecule has 0 heterocycles. The molecular formula is C13H20N2O2S. The van der Waals surface area contributed by atoms with E-state index in [1.165, 1.54) is 0 Å². The third kappa shape index (κ3) is 4.58. The smallest absolute Gasteiger partial charge is 0.237 e. The molecule has 1 aromatic rings. The molecule has 0 spiro atoms. The first-order valence-electron chi connectivity index (χ1n) is 5.97. The van der Waals surface area contributed by atoms with Crippen molar-refractivity contribution in [3.8, 4) is 5.75 Å². The summed E-state index contributed by atoms with van der Waals surface area (Å²) >= 11 is 1.56. The van der Waals surface area contributed by atoms with Gasteiger partial charge in [-0.1, -0.05) is 6.92 Å². The van der Waals surface area contributed by atoms with Crippen LogP contribution < -0.4 is 15.8 Å².